The average Bonchev–Trinajstić information content (AvgIpc) is 2.06. The van der Waals surface area contributed by atoms with E-state index in [-0.39, 0.29) is 12.2 Å². The van der Waals surface area contributed by atoms with Crippen molar-refractivity contribution in [3.63, 3.8) is 0 Å². The normalized spacial score (nSPS) is 30.0. The molecule has 11 heavy (non-hydrogen) atoms. The molecule has 1 rings (SSSR count). The molecule has 1 aliphatic heterocycles. The van der Waals surface area contributed by atoms with E-state index in [0.29, 0.717) is 6.61 Å². The predicted molar refractivity (Wildman–Crippen MR) is 41.3 cm³/mol. The fourth-order valence-electron chi connectivity index (χ4n) is 1.14. The van der Waals surface area contributed by atoms with E-state index in [9.17, 15) is 0 Å². The van der Waals surface area contributed by atoms with Crippen molar-refractivity contribution in [3.8, 4) is 0 Å². The summed E-state index contributed by atoms with van der Waals surface area (Å²) in [6.45, 7) is 0.586. The Morgan fingerprint density at radius 1 is 1.55 bits per heavy atom. The molecule has 0 aromatic carbocycles. The van der Waals surface area contributed by atoms with Gasteiger partial charge in [-0.2, -0.15) is 0 Å². The van der Waals surface area contributed by atoms with Crippen LogP contribution in [0.3, 0.4) is 0 Å². The molecule has 1 heterocycles. The van der Waals surface area contributed by atoms with Crippen LogP contribution in [0.25, 0.3) is 0 Å². The highest BCUT2D eigenvalue weighted by atomic mass is 16.6. The monoisotopic (exact) mass is 158 g/mol. The summed E-state index contributed by atoms with van der Waals surface area (Å²) >= 11 is 0. The lowest BCUT2D eigenvalue weighted by Crippen LogP contribution is -2.35. The Morgan fingerprint density at radius 2 is 2.36 bits per heavy atom. The van der Waals surface area contributed by atoms with Crippen LogP contribution in [0, 0.1) is 0 Å². The van der Waals surface area contributed by atoms with Crippen molar-refractivity contribution in [3.05, 3.63) is 12.3 Å². The fraction of sp³-hybridized carbons (Fsp3) is 0.750. The second-order valence-corrected chi connectivity index (χ2v) is 2.51. The van der Waals surface area contributed by atoms with E-state index in [1.165, 1.54) is 0 Å². The van der Waals surface area contributed by atoms with Crippen LogP contribution in [0.4, 0.5) is 0 Å². The summed E-state index contributed by atoms with van der Waals surface area (Å²) in [4.78, 5) is 0. The fourth-order valence-corrected chi connectivity index (χ4v) is 1.14. The molecule has 0 aromatic heterocycles. The minimum absolute atomic E-state index is 0.0509. The molecule has 1 aliphatic rings. The molecule has 0 saturated carbocycles. The molecule has 0 radical (unpaired) electrons. The first-order valence-corrected chi connectivity index (χ1v) is 3.70. The van der Waals surface area contributed by atoms with Crippen LogP contribution in [0.1, 0.15) is 6.42 Å². The van der Waals surface area contributed by atoms with Gasteiger partial charge in [0.1, 0.15) is 6.10 Å². The Balaban J connectivity index is 2.40. The molecule has 0 N–H and O–H groups in total. The SMILES string of the molecule is COC[C@H]1OC=CC[C@@H]1OC. The van der Waals surface area contributed by atoms with Crippen molar-refractivity contribution in [2.75, 3.05) is 20.8 Å². The van der Waals surface area contributed by atoms with Crippen LogP contribution in [0.15, 0.2) is 12.3 Å². The van der Waals surface area contributed by atoms with Gasteiger partial charge in [-0.05, 0) is 12.5 Å². The van der Waals surface area contributed by atoms with E-state index in [1.807, 2.05) is 6.08 Å². The highest BCUT2D eigenvalue weighted by Crippen LogP contribution is 2.14. The van der Waals surface area contributed by atoms with Gasteiger partial charge in [-0.3, -0.25) is 0 Å². The van der Waals surface area contributed by atoms with Gasteiger partial charge in [-0.15, -0.1) is 0 Å². The van der Waals surface area contributed by atoms with Crippen LogP contribution in [-0.4, -0.2) is 33.0 Å². The average molecular weight is 158 g/mol. The smallest absolute Gasteiger partial charge is 0.147 e. The Hall–Kier alpha value is -0.540. The molecule has 0 unspecified atom stereocenters. The molecule has 0 bridgehead atoms. The minimum atomic E-state index is 0.0509. The van der Waals surface area contributed by atoms with E-state index in [4.69, 9.17) is 14.2 Å². The molecule has 0 spiro atoms. The summed E-state index contributed by atoms with van der Waals surface area (Å²) in [5.41, 5.74) is 0. The third kappa shape index (κ3) is 2.20. The molecule has 3 heteroatoms. The maximum atomic E-state index is 5.29. The lowest BCUT2D eigenvalue weighted by atomic mass is 10.1. The zero-order chi connectivity index (χ0) is 8.10. The van der Waals surface area contributed by atoms with Crippen LogP contribution in [-0.2, 0) is 14.2 Å². The van der Waals surface area contributed by atoms with Crippen LogP contribution in [0.5, 0.6) is 0 Å². The van der Waals surface area contributed by atoms with Crippen LogP contribution >= 0.6 is 0 Å². The van der Waals surface area contributed by atoms with Crippen LogP contribution in [0.2, 0.25) is 0 Å². The van der Waals surface area contributed by atoms with Gasteiger partial charge in [0.15, 0.2) is 0 Å². The summed E-state index contributed by atoms with van der Waals surface area (Å²) in [5.74, 6) is 0. The number of methoxy groups -OCH3 is 2. The van der Waals surface area contributed by atoms with Crippen molar-refractivity contribution in [1.82, 2.24) is 0 Å². The zero-order valence-corrected chi connectivity index (χ0v) is 6.95. The first kappa shape index (κ1) is 8.56. The molecular formula is C8H14O3. The third-order valence-electron chi connectivity index (χ3n) is 1.77. The highest BCUT2D eigenvalue weighted by molar-refractivity contribution is 4.89. The van der Waals surface area contributed by atoms with Gasteiger partial charge in [0.2, 0.25) is 0 Å². The van der Waals surface area contributed by atoms with E-state index in [2.05, 4.69) is 0 Å². The van der Waals surface area contributed by atoms with Crippen molar-refractivity contribution >= 4 is 0 Å². The first-order valence-electron chi connectivity index (χ1n) is 3.70. The molecule has 0 aromatic rings. The third-order valence-corrected chi connectivity index (χ3v) is 1.77. The Bertz CT molecular complexity index is 133. The summed E-state index contributed by atoms with van der Waals surface area (Å²) < 4.78 is 15.5. The maximum Gasteiger partial charge on any atom is 0.147 e. The first-order chi connectivity index (χ1) is 5.38. The number of rotatable bonds is 3. The van der Waals surface area contributed by atoms with Crippen molar-refractivity contribution in [2.45, 2.75) is 18.6 Å². The standard InChI is InChI=1S/C8H14O3/c1-9-6-8-7(10-2)4-3-5-11-8/h3,5,7-8H,4,6H2,1-2H3/t7-,8+/m0/s1. The second-order valence-electron chi connectivity index (χ2n) is 2.51. The van der Waals surface area contributed by atoms with Gasteiger partial charge >= 0.3 is 0 Å². The van der Waals surface area contributed by atoms with Gasteiger partial charge in [-0.1, -0.05) is 0 Å². The van der Waals surface area contributed by atoms with Gasteiger partial charge in [-0.25, -0.2) is 0 Å². The second kappa shape index (κ2) is 4.36. The highest BCUT2D eigenvalue weighted by Gasteiger charge is 2.23. The number of ether oxygens (including phenoxy) is 3. The lowest BCUT2D eigenvalue weighted by Gasteiger charge is -2.26. The Kier molecular flexibility index (Phi) is 3.39. The van der Waals surface area contributed by atoms with Gasteiger partial charge in [0.05, 0.1) is 19.0 Å². The maximum absolute atomic E-state index is 5.29. The molecule has 0 aliphatic carbocycles. The summed E-state index contributed by atoms with van der Waals surface area (Å²) in [7, 11) is 3.35. The molecule has 0 fully saturated rings. The summed E-state index contributed by atoms with van der Waals surface area (Å²) in [5, 5.41) is 0. The molecular weight excluding hydrogens is 144 g/mol. The number of hydrogen-bond acceptors (Lipinski definition) is 3. The minimum Gasteiger partial charge on any atom is -0.493 e. The van der Waals surface area contributed by atoms with E-state index >= 15 is 0 Å². The molecule has 3 nitrogen and oxygen atoms in total. The molecule has 0 amide bonds. The van der Waals surface area contributed by atoms with E-state index in [0.717, 1.165) is 6.42 Å². The Morgan fingerprint density at radius 3 is 3.00 bits per heavy atom. The topological polar surface area (TPSA) is 27.7 Å². The predicted octanol–water partition coefficient (Wildman–Crippen LogP) is 0.950. The van der Waals surface area contributed by atoms with Gasteiger partial charge in [0, 0.05) is 14.2 Å². The van der Waals surface area contributed by atoms with E-state index in [1.54, 1.807) is 20.5 Å². The van der Waals surface area contributed by atoms with Gasteiger partial charge < -0.3 is 14.2 Å². The summed E-state index contributed by atoms with van der Waals surface area (Å²) in [6.07, 6.45) is 4.76. The van der Waals surface area contributed by atoms with Crippen molar-refractivity contribution < 1.29 is 14.2 Å². The number of hydrogen-bond donors (Lipinski definition) is 0. The zero-order valence-electron chi connectivity index (χ0n) is 6.95. The molecule has 0 saturated heterocycles. The summed E-state index contributed by atoms with van der Waals surface area (Å²) in [6, 6.07) is 0. The van der Waals surface area contributed by atoms with E-state index < -0.39 is 0 Å². The van der Waals surface area contributed by atoms with Crippen LogP contribution < -0.4 is 0 Å². The van der Waals surface area contributed by atoms with Gasteiger partial charge in [0.25, 0.3) is 0 Å². The van der Waals surface area contributed by atoms with Crippen molar-refractivity contribution in [2.24, 2.45) is 0 Å². The quantitative estimate of drug-likeness (QED) is 0.612. The molecule has 2 atom stereocenters. The van der Waals surface area contributed by atoms with Crippen molar-refractivity contribution in [1.29, 1.82) is 0 Å². The largest absolute Gasteiger partial charge is 0.493 e. The lowest BCUT2D eigenvalue weighted by molar-refractivity contribution is -0.0603. The Labute approximate surface area is 66.9 Å². The molecule has 64 valence electrons.